The summed E-state index contributed by atoms with van der Waals surface area (Å²) in [6.07, 6.45) is 5.41. The van der Waals surface area contributed by atoms with E-state index in [0.29, 0.717) is 5.02 Å². The molecule has 0 aliphatic carbocycles. The van der Waals surface area contributed by atoms with Crippen LogP contribution >= 0.6 is 11.6 Å². The van der Waals surface area contributed by atoms with Crippen LogP contribution in [0.1, 0.15) is 38.7 Å². The van der Waals surface area contributed by atoms with Crippen molar-refractivity contribution in [2.45, 2.75) is 38.5 Å². The first kappa shape index (κ1) is 14.5. The van der Waals surface area contributed by atoms with Crippen molar-refractivity contribution in [1.29, 1.82) is 0 Å². The summed E-state index contributed by atoms with van der Waals surface area (Å²) in [5.41, 5.74) is 1.51. The lowest BCUT2D eigenvalue weighted by atomic mass is 9.82. The summed E-state index contributed by atoms with van der Waals surface area (Å²) in [5.74, 6) is 0.220. The second-order valence-corrected chi connectivity index (χ2v) is 6.81. The van der Waals surface area contributed by atoms with Crippen molar-refractivity contribution >= 4 is 28.4 Å². The van der Waals surface area contributed by atoms with Crippen molar-refractivity contribution in [1.82, 2.24) is 9.88 Å². The van der Waals surface area contributed by atoms with Crippen molar-refractivity contribution in [2.75, 3.05) is 13.1 Å². The zero-order valence-electron chi connectivity index (χ0n) is 12.6. The quantitative estimate of drug-likeness (QED) is 0.890. The third kappa shape index (κ3) is 2.55. The van der Waals surface area contributed by atoms with Crippen LogP contribution < -0.4 is 0 Å². The van der Waals surface area contributed by atoms with Crippen molar-refractivity contribution in [3.05, 3.63) is 35.0 Å². The number of halogens is 1. The second-order valence-electron chi connectivity index (χ2n) is 6.37. The Hall–Kier alpha value is -1.48. The minimum atomic E-state index is -0.524. The number of likely N-dealkylation sites (tertiary alicyclic amines) is 1. The number of fused-ring (bicyclic) bond motifs is 1. The molecule has 1 aromatic heterocycles. The topological polar surface area (TPSA) is 36.1 Å². The Morgan fingerprint density at radius 3 is 2.67 bits per heavy atom. The minimum Gasteiger partial charge on any atom is -0.361 e. The Kier molecular flexibility index (Phi) is 3.70. The predicted octanol–water partition coefficient (Wildman–Crippen LogP) is 4.11. The number of H-pyrrole nitrogens is 1. The van der Waals surface area contributed by atoms with Gasteiger partial charge in [0.25, 0.3) is 0 Å². The molecule has 1 amide bonds. The fourth-order valence-electron chi connectivity index (χ4n) is 3.22. The van der Waals surface area contributed by atoms with E-state index in [4.69, 9.17) is 11.6 Å². The van der Waals surface area contributed by atoms with Gasteiger partial charge < -0.3 is 9.88 Å². The first-order valence-corrected chi connectivity index (χ1v) is 7.94. The number of carbonyl (C=O) groups excluding carboxylic acids is 1. The summed E-state index contributed by atoms with van der Waals surface area (Å²) >= 11 is 6.03. The Labute approximate surface area is 130 Å². The smallest absolute Gasteiger partial charge is 0.232 e. The molecule has 112 valence electrons. The number of aromatic nitrogens is 1. The highest BCUT2D eigenvalue weighted by Crippen LogP contribution is 2.33. The van der Waals surface area contributed by atoms with Crippen LogP contribution in [0.4, 0.5) is 0 Å². The Morgan fingerprint density at radius 1 is 1.24 bits per heavy atom. The number of piperidine rings is 1. The van der Waals surface area contributed by atoms with Crippen LogP contribution in [0.3, 0.4) is 0 Å². The van der Waals surface area contributed by atoms with Crippen molar-refractivity contribution in [3.8, 4) is 0 Å². The second kappa shape index (κ2) is 5.38. The van der Waals surface area contributed by atoms with Gasteiger partial charge >= 0.3 is 0 Å². The molecule has 1 fully saturated rings. The molecule has 1 N–H and O–H groups in total. The number of aromatic amines is 1. The molecule has 0 bridgehead atoms. The number of rotatable bonds is 2. The Morgan fingerprint density at radius 2 is 1.95 bits per heavy atom. The number of nitrogens with zero attached hydrogens (tertiary/aromatic N) is 1. The van der Waals surface area contributed by atoms with Crippen molar-refractivity contribution in [2.24, 2.45) is 0 Å². The highest BCUT2D eigenvalue weighted by molar-refractivity contribution is 6.31. The molecule has 1 aliphatic heterocycles. The van der Waals surface area contributed by atoms with Gasteiger partial charge in [0.05, 0.1) is 5.41 Å². The number of hydrogen-bond acceptors (Lipinski definition) is 1. The average Bonchev–Trinajstić information content (AvgIpc) is 2.91. The van der Waals surface area contributed by atoms with Crippen LogP contribution in [0.25, 0.3) is 10.9 Å². The van der Waals surface area contributed by atoms with Gasteiger partial charge in [0.1, 0.15) is 0 Å². The normalized spacial score (nSPS) is 16.4. The maximum Gasteiger partial charge on any atom is 0.232 e. The molecule has 0 spiro atoms. The van der Waals surface area contributed by atoms with Crippen LogP contribution in [-0.2, 0) is 10.2 Å². The molecule has 3 nitrogen and oxygen atoms in total. The maximum atomic E-state index is 12.9. The molecular weight excluding hydrogens is 284 g/mol. The summed E-state index contributed by atoms with van der Waals surface area (Å²) in [5, 5.41) is 1.78. The van der Waals surface area contributed by atoms with E-state index in [2.05, 4.69) is 4.98 Å². The highest BCUT2D eigenvalue weighted by Gasteiger charge is 2.36. The summed E-state index contributed by atoms with van der Waals surface area (Å²) in [4.78, 5) is 18.2. The van der Waals surface area contributed by atoms with Gasteiger partial charge in [-0.05, 0) is 50.8 Å². The molecule has 0 saturated carbocycles. The highest BCUT2D eigenvalue weighted by atomic mass is 35.5. The number of hydrogen-bond donors (Lipinski definition) is 1. The van der Waals surface area contributed by atoms with E-state index in [-0.39, 0.29) is 5.91 Å². The summed E-state index contributed by atoms with van der Waals surface area (Å²) < 4.78 is 0. The maximum absolute atomic E-state index is 12.9. The summed E-state index contributed by atoms with van der Waals surface area (Å²) in [6, 6.07) is 5.78. The summed E-state index contributed by atoms with van der Waals surface area (Å²) in [7, 11) is 0. The molecule has 21 heavy (non-hydrogen) atoms. The molecule has 1 aliphatic rings. The lowest BCUT2D eigenvalue weighted by molar-refractivity contribution is -0.137. The van der Waals surface area contributed by atoms with E-state index >= 15 is 0 Å². The average molecular weight is 305 g/mol. The molecule has 2 aromatic rings. The summed E-state index contributed by atoms with van der Waals surface area (Å²) in [6.45, 7) is 5.80. The molecule has 3 rings (SSSR count). The molecule has 1 aromatic carbocycles. The lowest BCUT2D eigenvalue weighted by Gasteiger charge is -2.34. The molecule has 0 radical (unpaired) electrons. The Balaban J connectivity index is 1.97. The monoisotopic (exact) mass is 304 g/mol. The number of nitrogens with one attached hydrogen (secondary N) is 1. The predicted molar refractivity (Wildman–Crippen MR) is 86.8 cm³/mol. The van der Waals surface area contributed by atoms with E-state index < -0.39 is 5.41 Å². The Bertz CT molecular complexity index is 668. The van der Waals surface area contributed by atoms with Gasteiger partial charge in [-0.3, -0.25) is 4.79 Å². The minimum absolute atomic E-state index is 0.220. The molecule has 1 saturated heterocycles. The van der Waals surface area contributed by atoms with Crippen LogP contribution in [0.15, 0.2) is 24.4 Å². The van der Waals surface area contributed by atoms with Crippen LogP contribution in [0.5, 0.6) is 0 Å². The zero-order valence-corrected chi connectivity index (χ0v) is 13.3. The van der Waals surface area contributed by atoms with Crippen LogP contribution in [0, 0.1) is 0 Å². The van der Waals surface area contributed by atoms with Crippen LogP contribution in [-0.4, -0.2) is 28.9 Å². The molecule has 0 atom stereocenters. The SMILES string of the molecule is CC(C)(C(=O)N1CCCCC1)c1c[nH]c2cc(Cl)ccc12. The van der Waals surface area contributed by atoms with E-state index in [9.17, 15) is 4.79 Å². The lowest BCUT2D eigenvalue weighted by Crippen LogP contribution is -2.45. The third-order valence-corrected chi connectivity index (χ3v) is 4.73. The van der Waals surface area contributed by atoms with E-state index in [1.165, 1.54) is 6.42 Å². The fourth-order valence-corrected chi connectivity index (χ4v) is 3.40. The molecule has 0 unspecified atom stereocenters. The van der Waals surface area contributed by atoms with Gasteiger partial charge in [-0.25, -0.2) is 0 Å². The first-order valence-electron chi connectivity index (χ1n) is 7.56. The van der Waals surface area contributed by atoms with Gasteiger partial charge in [0, 0.05) is 35.2 Å². The standard InChI is InChI=1S/C17H21ClN2O/c1-17(2,16(21)20-8-4-3-5-9-20)14-11-19-15-10-12(18)6-7-13(14)15/h6-7,10-11,19H,3-5,8-9H2,1-2H3. The van der Waals surface area contributed by atoms with E-state index in [0.717, 1.165) is 42.4 Å². The number of benzene rings is 1. The van der Waals surface area contributed by atoms with E-state index in [1.54, 1.807) is 0 Å². The molecular formula is C17H21ClN2O. The molecule has 2 heterocycles. The fraction of sp³-hybridized carbons (Fsp3) is 0.471. The number of amides is 1. The third-order valence-electron chi connectivity index (χ3n) is 4.50. The first-order chi connectivity index (χ1) is 10.00. The number of carbonyl (C=O) groups is 1. The van der Waals surface area contributed by atoms with Crippen LogP contribution in [0.2, 0.25) is 5.02 Å². The van der Waals surface area contributed by atoms with Gasteiger partial charge in [0.2, 0.25) is 5.91 Å². The largest absolute Gasteiger partial charge is 0.361 e. The van der Waals surface area contributed by atoms with Gasteiger partial charge in [-0.1, -0.05) is 17.7 Å². The van der Waals surface area contributed by atoms with Gasteiger partial charge in [-0.15, -0.1) is 0 Å². The van der Waals surface area contributed by atoms with Crippen molar-refractivity contribution in [3.63, 3.8) is 0 Å². The zero-order chi connectivity index (χ0) is 15.0. The van der Waals surface area contributed by atoms with Gasteiger partial charge in [0.15, 0.2) is 0 Å². The van der Waals surface area contributed by atoms with E-state index in [1.807, 2.05) is 43.1 Å². The van der Waals surface area contributed by atoms with Gasteiger partial charge in [-0.2, -0.15) is 0 Å². The molecule has 4 heteroatoms. The van der Waals surface area contributed by atoms with Crippen molar-refractivity contribution < 1.29 is 4.79 Å².